The number of thioether (sulfide) groups is 1. The summed E-state index contributed by atoms with van der Waals surface area (Å²) in [7, 11) is 0. The third-order valence-electron chi connectivity index (χ3n) is 2.95. The highest BCUT2D eigenvalue weighted by molar-refractivity contribution is 7.98. The fourth-order valence-electron chi connectivity index (χ4n) is 1.85. The van der Waals surface area contributed by atoms with Crippen LogP contribution in [0.25, 0.3) is 0 Å². The molecule has 0 amide bonds. The Kier molecular flexibility index (Phi) is 4.37. The maximum absolute atomic E-state index is 8.77. The Morgan fingerprint density at radius 3 is 2.59 bits per heavy atom. The SMILES string of the molecule is N#Cc1ccc(CSc2nc(Nc3ccccc3)n[nH]2)cc1. The molecule has 0 radical (unpaired) electrons. The molecule has 2 N–H and O–H groups in total. The van der Waals surface area contributed by atoms with Crippen molar-refractivity contribution in [1.82, 2.24) is 15.2 Å². The molecule has 6 heteroatoms. The molecule has 0 fully saturated rings. The maximum Gasteiger partial charge on any atom is 0.247 e. The predicted octanol–water partition coefficient (Wildman–Crippen LogP) is 3.71. The number of rotatable bonds is 5. The van der Waals surface area contributed by atoms with E-state index in [-0.39, 0.29) is 0 Å². The molecule has 3 rings (SSSR count). The van der Waals surface area contributed by atoms with Crippen molar-refractivity contribution >= 4 is 23.4 Å². The molecule has 0 atom stereocenters. The van der Waals surface area contributed by atoms with E-state index in [1.54, 1.807) is 11.8 Å². The number of hydrogen-bond acceptors (Lipinski definition) is 5. The summed E-state index contributed by atoms with van der Waals surface area (Å²) in [4.78, 5) is 4.39. The minimum absolute atomic E-state index is 0.550. The molecule has 0 aliphatic heterocycles. The van der Waals surface area contributed by atoms with Crippen molar-refractivity contribution < 1.29 is 0 Å². The fraction of sp³-hybridized carbons (Fsp3) is 0.0625. The van der Waals surface area contributed by atoms with Crippen molar-refractivity contribution in [2.75, 3.05) is 5.32 Å². The van der Waals surface area contributed by atoms with E-state index in [9.17, 15) is 0 Å². The zero-order valence-corrected chi connectivity index (χ0v) is 12.5. The Morgan fingerprint density at radius 1 is 1.09 bits per heavy atom. The van der Waals surface area contributed by atoms with Gasteiger partial charge in [-0.2, -0.15) is 10.2 Å². The lowest BCUT2D eigenvalue weighted by atomic mass is 10.2. The standard InChI is InChI=1S/C16H13N5S/c17-10-12-6-8-13(9-7-12)11-22-16-19-15(20-21-16)18-14-4-2-1-3-5-14/h1-9H,11H2,(H2,18,19,20,21). The lowest BCUT2D eigenvalue weighted by Crippen LogP contribution is -1.91. The third kappa shape index (κ3) is 3.65. The quantitative estimate of drug-likeness (QED) is 0.703. The van der Waals surface area contributed by atoms with E-state index in [1.807, 2.05) is 54.6 Å². The number of para-hydroxylation sites is 1. The summed E-state index contributed by atoms with van der Waals surface area (Å²) in [6.07, 6.45) is 0. The molecule has 0 saturated heterocycles. The van der Waals surface area contributed by atoms with Gasteiger partial charge in [-0.05, 0) is 29.8 Å². The van der Waals surface area contributed by atoms with E-state index in [1.165, 1.54) is 0 Å². The van der Waals surface area contributed by atoms with Crippen molar-refractivity contribution in [3.05, 3.63) is 65.7 Å². The second kappa shape index (κ2) is 6.78. The number of nitriles is 1. The fourth-order valence-corrected chi connectivity index (χ4v) is 2.60. The number of H-pyrrole nitrogens is 1. The number of benzene rings is 2. The zero-order chi connectivity index (χ0) is 15.2. The van der Waals surface area contributed by atoms with Crippen LogP contribution in [-0.2, 0) is 5.75 Å². The molecule has 3 aromatic rings. The van der Waals surface area contributed by atoms with Gasteiger partial charge in [-0.15, -0.1) is 5.10 Å². The van der Waals surface area contributed by atoms with Gasteiger partial charge in [0.2, 0.25) is 5.95 Å². The predicted molar refractivity (Wildman–Crippen MR) is 86.8 cm³/mol. The van der Waals surface area contributed by atoms with Gasteiger partial charge in [-0.1, -0.05) is 42.1 Å². The van der Waals surface area contributed by atoms with Crippen LogP contribution in [0.15, 0.2) is 59.8 Å². The van der Waals surface area contributed by atoms with Crippen LogP contribution in [0.4, 0.5) is 11.6 Å². The zero-order valence-electron chi connectivity index (χ0n) is 11.7. The number of hydrogen-bond donors (Lipinski definition) is 2. The normalized spacial score (nSPS) is 10.1. The summed E-state index contributed by atoms with van der Waals surface area (Å²) in [5.74, 6) is 1.32. The van der Waals surface area contributed by atoms with Gasteiger partial charge in [-0.3, -0.25) is 5.10 Å². The van der Waals surface area contributed by atoms with E-state index in [2.05, 4.69) is 26.6 Å². The van der Waals surface area contributed by atoms with Gasteiger partial charge in [0.1, 0.15) is 0 Å². The average molecular weight is 307 g/mol. The number of nitrogens with zero attached hydrogens (tertiary/aromatic N) is 3. The molecular weight excluding hydrogens is 294 g/mol. The van der Waals surface area contributed by atoms with E-state index in [0.29, 0.717) is 11.5 Å². The molecule has 5 nitrogen and oxygen atoms in total. The number of aromatic nitrogens is 3. The highest BCUT2D eigenvalue weighted by Gasteiger charge is 2.04. The Balaban J connectivity index is 1.58. The molecular formula is C16H13N5S. The summed E-state index contributed by atoms with van der Waals surface area (Å²) < 4.78 is 0. The van der Waals surface area contributed by atoms with Gasteiger partial charge >= 0.3 is 0 Å². The van der Waals surface area contributed by atoms with Gasteiger partial charge in [0, 0.05) is 11.4 Å². The van der Waals surface area contributed by atoms with Crippen LogP contribution in [0.5, 0.6) is 0 Å². The van der Waals surface area contributed by atoms with Crippen LogP contribution in [0.2, 0.25) is 0 Å². The van der Waals surface area contributed by atoms with E-state index in [4.69, 9.17) is 5.26 Å². The minimum Gasteiger partial charge on any atom is -0.323 e. The number of anilines is 2. The van der Waals surface area contributed by atoms with Crippen LogP contribution in [0.3, 0.4) is 0 Å². The molecule has 2 aromatic carbocycles. The number of aromatic amines is 1. The highest BCUT2D eigenvalue weighted by Crippen LogP contribution is 2.21. The average Bonchev–Trinajstić information content (AvgIpc) is 3.02. The van der Waals surface area contributed by atoms with E-state index in [0.717, 1.165) is 22.2 Å². The number of nitrogens with one attached hydrogen (secondary N) is 2. The van der Waals surface area contributed by atoms with Crippen LogP contribution in [-0.4, -0.2) is 15.2 Å². The van der Waals surface area contributed by atoms with Crippen molar-refractivity contribution in [2.24, 2.45) is 0 Å². The van der Waals surface area contributed by atoms with Crippen molar-refractivity contribution in [2.45, 2.75) is 10.9 Å². The van der Waals surface area contributed by atoms with Gasteiger partial charge in [0.15, 0.2) is 5.16 Å². The van der Waals surface area contributed by atoms with Gasteiger partial charge in [0.05, 0.1) is 11.6 Å². The first-order chi connectivity index (χ1) is 10.8. The molecule has 1 aromatic heterocycles. The third-order valence-corrected chi connectivity index (χ3v) is 3.89. The highest BCUT2D eigenvalue weighted by atomic mass is 32.2. The second-order valence-electron chi connectivity index (χ2n) is 4.55. The smallest absolute Gasteiger partial charge is 0.247 e. The Bertz CT molecular complexity index is 774. The van der Waals surface area contributed by atoms with Gasteiger partial charge in [0.25, 0.3) is 0 Å². The van der Waals surface area contributed by atoms with Crippen molar-refractivity contribution in [3.8, 4) is 6.07 Å². The van der Waals surface area contributed by atoms with Gasteiger partial charge < -0.3 is 5.32 Å². The molecule has 108 valence electrons. The Hall–Kier alpha value is -2.78. The van der Waals surface area contributed by atoms with E-state index >= 15 is 0 Å². The molecule has 0 aliphatic rings. The van der Waals surface area contributed by atoms with Crippen molar-refractivity contribution in [3.63, 3.8) is 0 Å². The lowest BCUT2D eigenvalue weighted by molar-refractivity contribution is 0.973. The molecule has 0 saturated carbocycles. The first-order valence-electron chi connectivity index (χ1n) is 6.70. The van der Waals surface area contributed by atoms with Crippen LogP contribution >= 0.6 is 11.8 Å². The molecule has 0 aliphatic carbocycles. The summed E-state index contributed by atoms with van der Waals surface area (Å²) in [6, 6.07) is 19.4. The Morgan fingerprint density at radius 2 is 1.86 bits per heavy atom. The van der Waals surface area contributed by atoms with Crippen molar-refractivity contribution in [1.29, 1.82) is 5.26 Å². The summed E-state index contributed by atoms with van der Waals surface area (Å²) in [6.45, 7) is 0. The van der Waals surface area contributed by atoms with Crippen LogP contribution in [0, 0.1) is 11.3 Å². The molecule has 1 heterocycles. The van der Waals surface area contributed by atoms with E-state index < -0.39 is 0 Å². The minimum atomic E-state index is 0.550. The summed E-state index contributed by atoms with van der Waals surface area (Å²) in [5, 5.41) is 19.7. The monoisotopic (exact) mass is 307 g/mol. The summed E-state index contributed by atoms with van der Waals surface area (Å²) >= 11 is 1.57. The first kappa shape index (κ1) is 14.2. The Labute approximate surface area is 132 Å². The second-order valence-corrected chi connectivity index (χ2v) is 5.52. The lowest BCUT2D eigenvalue weighted by Gasteiger charge is -2.00. The molecule has 0 bridgehead atoms. The van der Waals surface area contributed by atoms with Crippen LogP contribution < -0.4 is 5.32 Å². The summed E-state index contributed by atoms with van der Waals surface area (Å²) in [5.41, 5.74) is 2.76. The molecule has 0 unspecified atom stereocenters. The van der Waals surface area contributed by atoms with Crippen LogP contribution in [0.1, 0.15) is 11.1 Å². The topological polar surface area (TPSA) is 77.4 Å². The van der Waals surface area contributed by atoms with Gasteiger partial charge in [-0.25, -0.2) is 0 Å². The maximum atomic E-state index is 8.77. The largest absolute Gasteiger partial charge is 0.323 e. The molecule has 0 spiro atoms. The molecule has 22 heavy (non-hydrogen) atoms. The first-order valence-corrected chi connectivity index (χ1v) is 7.68.